The Hall–Kier alpha value is -1.04. The first-order valence-corrected chi connectivity index (χ1v) is 7.48. The smallest absolute Gasteiger partial charge is 0.162 e. The Morgan fingerprint density at radius 3 is 2.81 bits per heavy atom. The van der Waals surface area contributed by atoms with Crippen LogP contribution in [0.3, 0.4) is 0 Å². The van der Waals surface area contributed by atoms with Crippen molar-refractivity contribution in [2.24, 2.45) is 0 Å². The zero-order chi connectivity index (χ0) is 15.4. The largest absolute Gasteiger partial charge is 0.374 e. The topological polar surface area (TPSA) is 24.5 Å². The molecule has 5 heteroatoms. The van der Waals surface area contributed by atoms with Gasteiger partial charge in [-0.15, -0.1) is 0 Å². The van der Waals surface area contributed by atoms with Crippen LogP contribution in [0.25, 0.3) is 0 Å². The predicted molar refractivity (Wildman–Crippen MR) is 79.4 cm³/mol. The van der Waals surface area contributed by atoms with E-state index in [9.17, 15) is 8.78 Å². The third kappa shape index (κ3) is 3.99. The van der Waals surface area contributed by atoms with Crippen molar-refractivity contribution in [1.82, 2.24) is 10.2 Å². The number of likely N-dealkylation sites (N-methyl/N-ethyl adjacent to an activating group) is 1. The van der Waals surface area contributed by atoms with Crippen LogP contribution in [-0.4, -0.2) is 49.8 Å². The highest BCUT2D eigenvalue weighted by molar-refractivity contribution is 5.20. The summed E-state index contributed by atoms with van der Waals surface area (Å²) in [6, 6.07) is 4.74. The van der Waals surface area contributed by atoms with Crippen molar-refractivity contribution >= 4 is 0 Å². The lowest BCUT2D eigenvalue weighted by Gasteiger charge is -2.39. The van der Waals surface area contributed by atoms with Crippen molar-refractivity contribution in [1.29, 1.82) is 0 Å². The molecule has 0 saturated carbocycles. The fraction of sp³-hybridized carbons (Fsp3) is 0.625. The van der Waals surface area contributed by atoms with Gasteiger partial charge >= 0.3 is 0 Å². The van der Waals surface area contributed by atoms with E-state index in [-0.39, 0.29) is 12.1 Å². The number of rotatable bonds is 5. The number of nitrogens with one attached hydrogen (secondary N) is 1. The van der Waals surface area contributed by atoms with Gasteiger partial charge in [-0.3, -0.25) is 4.90 Å². The molecule has 0 aliphatic carbocycles. The average molecular weight is 298 g/mol. The van der Waals surface area contributed by atoms with E-state index in [2.05, 4.69) is 24.1 Å². The SMILES string of the molecule is CNC(Cc1cccc(F)c1F)C1CN(C(C)C)CCO1. The van der Waals surface area contributed by atoms with Gasteiger partial charge in [0, 0.05) is 25.2 Å². The molecule has 2 rings (SSSR count). The maximum absolute atomic E-state index is 13.8. The van der Waals surface area contributed by atoms with Crippen LogP contribution in [0.1, 0.15) is 19.4 Å². The summed E-state index contributed by atoms with van der Waals surface area (Å²) in [7, 11) is 1.83. The maximum atomic E-state index is 13.8. The highest BCUT2D eigenvalue weighted by Crippen LogP contribution is 2.18. The van der Waals surface area contributed by atoms with E-state index < -0.39 is 11.6 Å². The molecule has 3 nitrogen and oxygen atoms in total. The van der Waals surface area contributed by atoms with Gasteiger partial charge in [0.1, 0.15) is 0 Å². The Bertz CT molecular complexity index is 468. The third-order valence-electron chi connectivity index (χ3n) is 4.15. The van der Waals surface area contributed by atoms with Gasteiger partial charge in [-0.2, -0.15) is 0 Å². The van der Waals surface area contributed by atoms with Gasteiger partial charge in [-0.05, 0) is 38.9 Å². The molecule has 1 saturated heterocycles. The van der Waals surface area contributed by atoms with Gasteiger partial charge in [0.2, 0.25) is 0 Å². The highest BCUT2D eigenvalue weighted by Gasteiger charge is 2.29. The monoisotopic (exact) mass is 298 g/mol. The molecule has 1 aliphatic rings. The highest BCUT2D eigenvalue weighted by atomic mass is 19.2. The summed E-state index contributed by atoms with van der Waals surface area (Å²) in [5.41, 5.74) is 0.389. The van der Waals surface area contributed by atoms with E-state index >= 15 is 0 Å². The van der Waals surface area contributed by atoms with Gasteiger partial charge in [-0.1, -0.05) is 12.1 Å². The molecule has 118 valence electrons. The summed E-state index contributed by atoms with van der Waals surface area (Å²) in [5.74, 6) is -1.55. The maximum Gasteiger partial charge on any atom is 0.162 e. The van der Waals surface area contributed by atoms with Crippen LogP contribution in [-0.2, 0) is 11.2 Å². The molecule has 1 aromatic carbocycles. The van der Waals surface area contributed by atoms with Crippen molar-refractivity contribution in [2.45, 2.75) is 38.5 Å². The van der Waals surface area contributed by atoms with E-state index in [4.69, 9.17) is 4.74 Å². The van der Waals surface area contributed by atoms with E-state index in [0.29, 0.717) is 24.6 Å². The van der Waals surface area contributed by atoms with Crippen molar-refractivity contribution in [3.63, 3.8) is 0 Å². The van der Waals surface area contributed by atoms with Crippen LogP contribution >= 0.6 is 0 Å². The standard InChI is InChI=1S/C16H24F2N2O/c1-11(2)20-7-8-21-15(10-20)14(19-3)9-12-5-4-6-13(17)16(12)18/h4-6,11,14-15,19H,7-10H2,1-3H3. The Balaban J connectivity index is 2.07. The molecule has 1 aromatic rings. The number of hydrogen-bond acceptors (Lipinski definition) is 3. The first kappa shape index (κ1) is 16.3. The minimum absolute atomic E-state index is 0.0196. The summed E-state index contributed by atoms with van der Waals surface area (Å²) in [6.07, 6.45) is 0.394. The minimum Gasteiger partial charge on any atom is -0.374 e. The minimum atomic E-state index is -0.796. The van der Waals surface area contributed by atoms with E-state index in [1.807, 2.05) is 7.05 Å². The molecular weight excluding hydrogens is 274 g/mol. The molecule has 2 atom stereocenters. The van der Waals surface area contributed by atoms with Crippen LogP contribution < -0.4 is 5.32 Å². The molecule has 0 radical (unpaired) electrons. The summed E-state index contributed by atoms with van der Waals surface area (Å²) in [5, 5.41) is 3.19. The van der Waals surface area contributed by atoms with Gasteiger partial charge in [-0.25, -0.2) is 8.78 Å². The Morgan fingerprint density at radius 1 is 1.38 bits per heavy atom. The van der Waals surface area contributed by atoms with Crippen LogP contribution in [0, 0.1) is 11.6 Å². The van der Waals surface area contributed by atoms with Gasteiger partial charge in [0.25, 0.3) is 0 Å². The molecule has 21 heavy (non-hydrogen) atoms. The van der Waals surface area contributed by atoms with Gasteiger partial charge in [0.15, 0.2) is 11.6 Å². The first-order valence-electron chi connectivity index (χ1n) is 7.48. The first-order chi connectivity index (χ1) is 10.0. The molecule has 0 bridgehead atoms. The van der Waals surface area contributed by atoms with E-state index in [1.165, 1.54) is 0 Å². The van der Waals surface area contributed by atoms with Crippen molar-refractivity contribution in [2.75, 3.05) is 26.7 Å². The summed E-state index contributed by atoms with van der Waals surface area (Å²) in [4.78, 5) is 2.35. The number of ether oxygens (including phenoxy) is 1. The summed E-state index contributed by atoms with van der Waals surface area (Å²) >= 11 is 0. The van der Waals surface area contributed by atoms with Crippen LogP contribution in [0.4, 0.5) is 8.78 Å². The van der Waals surface area contributed by atoms with Crippen molar-refractivity contribution in [3.05, 3.63) is 35.4 Å². The second kappa shape index (κ2) is 7.29. The third-order valence-corrected chi connectivity index (χ3v) is 4.15. The van der Waals surface area contributed by atoms with Crippen LogP contribution in [0.15, 0.2) is 18.2 Å². The lowest BCUT2D eigenvalue weighted by molar-refractivity contribution is -0.0542. The second-order valence-electron chi connectivity index (χ2n) is 5.81. The molecule has 0 aromatic heterocycles. The number of hydrogen-bond donors (Lipinski definition) is 1. The normalized spacial score (nSPS) is 21.7. The Morgan fingerprint density at radius 2 is 2.14 bits per heavy atom. The van der Waals surface area contributed by atoms with E-state index in [1.54, 1.807) is 12.1 Å². The molecule has 0 amide bonds. The summed E-state index contributed by atoms with van der Waals surface area (Å²) < 4.78 is 33.0. The Kier molecular flexibility index (Phi) is 5.67. The zero-order valence-electron chi connectivity index (χ0n) is 12.9. The number of halogens is 2. The molecule has 1 heterocycles. The molecule has 0 spiro atoms. The molecule has 1 N–H and O–H groups in total. The number of morpholine rings is 1. The molecular formula is C16H24F2N2O. The second-order valence-corrected chi connectivity index (χ2v) is 5.81. The molecule has 2 unspecified atom stereocenters. The lowest BCUT2D eigenvalue weighted by atomic mass is 9.99. The predicted octanol–water partition coefficient (Wildman–Crippen LogP) is 2.20. The fourth-order valence-corrected chi connectivity index (χ4v) is 2.77. The quantitative estimate of drug-likeness (QED) is 0.902. The summed E-state index contributed by atoms with van der Waals surface area (Å²) in [6.45, 7) is 6.71. The Labute approximate surface area is 125 Å². The number of benzene rings is 1. The molecule has 1 aliphatic heterocycles. The van der Waals surface area contributed by atoms with Crippen LogP contribution in [0.2, 0.25) is 0 Å². The van der Waals surface area contributed by atoms with E-state index in [0.717, 1.165) is 19.2 Å². The fourth-order valence-electron chi connectivity index (χ4n) is 2.77. The van der Waals surface area contributed by atoms with Gasteiger partial charge in [0.05, 0.1) is 12.7 Å². The van der Waals surface area contributed by atoms with Crippen LogP contribution in [0.5, 0.6) is 0 Å². The van der Waals surface area contributed by atoms with Crippen molar-refractivity contribution < 1.29 is 13.5 Å². The molecule has 1 fully saturated rings. The lowest BCUT2D eigenvalue weighted by Crippen LogP contribution is -2.53. The average Bonchev–Trinajstić information content (AvgIpc) is 2.49. The number of nitrogens with zero attached hydrogens (tertiary/aromatic N) is 1. The van der Waals surface area contributed by atoms with Crippen molar-refractivity contribution in [3.8, 4) is 0 Å². The van der Waals surface area contributed by atoms with Gasteiger partial charge < -0.3 is 10.1 Å². The zero-order valence-corrected chi connectivity index (χ0v) is 12.9.